The largest absolute Gasteiger partial charge is 0.394 e. The van der Waals surface area contributed by atoms with E-state index in [1.54, 1.807) is 0 Å². The maximum atomic E-state index is 10.8. The molecule has 0 aliphatic heterocycles. The van der Waals surface area contributed by atoms with Crippen molar-refractivity contribution >= 4 is 5.78 Å². The third kappa shape index (κ3) is 37.8. The number of ether oxygens (including phenoxy) is 12. The SMILES string of the molecule is CC(=O)CCOCCOCCOCCOCCOCCOCCOCCOCCOCCOCCOCCOCCN(C[C@H](O)[C@@H](O)[C@H](O)[C@H](O)CO)C[C@H](O)[C@@H](O)[C@H](O)[C@H](O)CO. The van der Waals surface area contributed by atoms with Crippen molar-refractivity contribution in [2.24, 2.45) is 0 Å². The molecule has 0 saturated carbocycles. The molecule has 0 aromatic rings. The summed E-state index contributed by atoms with van der Waals surface area (Å²) in [5.41, 5.74) is 0. The standard InChI is InChI=1S/C40H81NO23/c1-32(44)2-4-53-6-8-55-10-12-57-14-16-59-18-20-61-22-24-63-26-27-64-25-23-62-21-19-60-17-15-58-13-11-56-9-7-54-5-3-41(28-33(45)37(49)39(51)35(47)30-42)29-34(46)38(50)40(52)36(48)31-43/h33-40,42-43,45-52H,2-31H2,1H3/t33-,34-,35+,36+,37+,38+,39+,40+/m0/s1. The fourth-order valence-electron chi connectivity index (χ4n) is 5.06. The van der Waals surface area contributed by atoms with Crippen molar-refractivity contribution in [2.75, 3.05) is 191 Å². The van der Waals surface area contributed by atoms with Gasteiger partial charge >= 0.3 is 0 Å². The van der Waals surface area contributed by atoms with Crippen molar-refractivity contribution in [3.8, 4) is 0 Å². The molecule has 24 heteroatoms. The van der Waals surface area contributed by atoms with Crippen molar-refractivity contribution in [3.63, 3.8) is 0 Å². The van der Waals surface area contributed by atoms with Gasteiger partial charge in [-0.2, -0.15) is 0 Å². The molecule has 384 valence electrons. The number of Topliss-reactive ketones (excluding diaryl/α,β-unsaturated/α-hetero) is 1. The van der Waals surface area contributed by atoms with E-state index in [1.807, 2.05) is 0 Å². The normalized spacial score (nSPS) is 15.9. The summed E-state index contributed by atoms with van der Waals surface area (Å²) in [7, 11) is 0. The molecule has 0 aromatic carbocycles. The van der Waals surface area contributed by atoms with E-state index >= 15 is 0 Å². The van der Waals surface area contributed by atoms with Crippen molar-refractivity contribution in [2.45, 2.75) is 62.2 Å². The first-order chi connectivity index (χ1) is 31.0. The predicted molar refractivity (Wildman–Crippen MR) is 224 cm³/mol. The van der Waals surface area contributed by atoms with Crippen molar-refractivity contribution in [3.05, 3.63) is 0 Å². The average Bonchev–Trinajstić information content (AvgIpc) is 3.29. The van der Waals surface area contributed by atoms with Crippen LogP contribution in [0.5, 0.6) is 0 Å². The van der Waals surface area contributed by atoms with E-state index < -0.39 is 75.1 Å². The zero-order chi connectivity index (χ0) is 47.5. The quantitative estimate of drug-likeness (QED) is 0.0254. The molecule has 0 spiro atoms. The zero-order valence-electron chi connectivity index (χ0n) is 37.6. The molecule has 10 N–H and O–H groups in total. The molecular weight excluding hydrogens is 862 g/mol. The van der Waals surface area contributed by atoms with Gasteiger partial charge < -0.3 is 108 Å². The molecule has 0 aliphatic carbocycles. The molecule has 0 rings (SSSR count). The molecular formula is C40H81NO23. The van der Waals surface area contributed by atoms with E-state index in [-0.39, 0.29) is 32.1 Å². The molecule has 0 aliphatic rings. The van der Waals surface area contributed by atoms with E-state index in [2.05, 4.69) is 0 Å². The van der Waals surface area contributed by atoms with Crippen LogP contribution in [0, 0.1) is 0 Å². The monoisotopic (exact) mass is 944 g/mol. The summed E-state index contributed by atoms with van der Waals surface area (Å²) >= 11 is 0. The van der Waals surface area contributed by atoms with E-state index in [0.717, 1.165) is 0 Å². The first-order valence-corrected chi connectivity index (χ1v) is 21.8. The van der Waals surface area contributed by atoms with E-state index in [4.69, 9.17) is 67.1 Å². The second kappa shape index (κ2) is 45.5. The van der Waals surface area contributed by atoms with Crippen LogP contribution in [0.4, 0.5) is 0 Å². The van der Waals surface area contributed by atoms with Gasteiger partial charge in [-0.1, -0.05) is 0 Å². The van der Waals surface area contributed by atoms with E-state index in [0.29, 0.717) is 145 Å². The highest BCUT2D eigenvalue weighted by molar-refractivity contribution is 5.75. The molecule has 0 amide bonds. The van der Waals surface area contributed by atoms with Gasteiger partial charge in [0.25, 0.3) is 0 Å². The summed E-state index contributed by atoms with van der Waals surface area (Å²) in [6, 6.07) is 0. The molecule has 0 aromatic heterocycles. The predicted octanol–water partition coefficient (Wildman–Crippen LogP) is -5.66. The van der Waals surface area contributed by atoms with Gasteiger partial charge in [0.15, 0.2) is 0 Å². The lowest BCUT2D eigenvalue weighted by atomic mass is 10.0. The number of hydrogen-bond donors (Lipinski definition) is 10. The Morgan fingerprint density at radius 3 is 0.766 bits per heavy atom. The summed E-state index contributed by atoms with van der Waals surface area (Å²) in [5.74, 6) is 0.107. The van der Waals surface area contributed by atoms with Crippen LogP contribution in [0.2, 0.25) is 0 Å². The van der Waals surface area contributed by atoms with Crippen LogP contribution >= 0.6 is 0 Å². The molecule has 8 atom stereocenters. The Hall–Kier alpha value is -1.25. The number of rotatable bonds is 51. The number of ketones is 1. The topological polar surface area (TPSA) is 333 Å². The third-order valence-corrected chi connectivity index (χ3v) is 8.78. The molecule has 0 unspecified atom stereocenters. The maximum absolute atomic E-state index is 10.8. The molecule has 0 heterocycles. The first kappa shape index (κ1) is 62.8. The summed E-state index contributed by atoms with van der Waals surface area (Å²) < 4.78 is 65.3. The van der Waals surface area contributed by atoms with Gasteiger partial charge in [0, 0.05) is 26.1 Å². The Morgan fingerprint density at radius 1 is 0.344 bits per heavy atom. The van der Waals surface area contributed by atoms with Gasteiger partial charge in [0.05, 0.1) is 184 Å². The molecule has 24 nitrogen and oxygen atoms in total. The van der Waals surface area contributed by atoms with Crippen molar-refractivity contribution in [1.82, 2.24) is 4.90 Å². The van der Waals surface area contributed by atoms with Crippen LogP contribution < -0.4 is 0 Å². The summed E-state index contributed by atoms with van der Waals surface area (Å²) in [6.07, 6.45) is -13.9. The summed E-state index contributed by atoms with van der Waals surface area (Å²) in [4.78, 5) is 12.1. The number of nitrogens with zero attached hydrogens (tertiary/aromatic N) is 1. The van der Waals surface area contributed by atoms with Gasteiger partial charge in [0.1, 0.15) is 42.4 Å². The second-order valence-corrected chi connectivity index (χ2v) is 14.2. The van der Waals surface area contributed by atoms with Gasteiger partial charge in [-0.15, -0.1) is 0 Å². The van der Waals surface area contributed by atoms with Crippen molar-refractivity contribution < 1.29 is 113 Å². The van der Waals surface area contributed by atoms with Crippen LogP contribution in [0.3, 0.4) is 0 Å². The fourth-order valence-corrected chi connectivity index (χ4v) is 5.06. The minimum atomic E-state index is -1.88. The second-order valence-electron chi connectivity index (χ2n) is 14.2. The molecule has 64 heavy (non-hydrogen) atoms. The fraction of sp³-hybridized carbons (Fsp3) is 0.975. The lowest BCUT2D eigenvalue weighted by Gasteiger charge is -2.33. The molecule has 0 fully saturated rings. The van der Waals surface area contributed by atoms with Crippen LogP contribution in [-0.2, 0) is 61.6 Å². The smallest absolute Gasteiger partial charge is 0.132 e. The number of carbonyl (C=O) groups is 1. The molecule has 0 saturated heterocycles. The average molecular weight is 944 g/mol. The first-order valence-electron chi connectivity index (χ1n) is 21.8. The number of aliphatic hydroxyl groups excluding tert-OH is 10. The Balaban J connectivity index is 3.67. The van der Waals surface area contributed by atoms with Gasteiger partial charge in [-0.25, -0.2) is 0 Å². The minimum Gasteiger partial charge on any atom is -0.394 e. The Morgan fingerprint density at radius 2 is 0.547 bits per heavy atom. The van der Waals surface area contributed by atoms with Crippen LogP contribution in [0.1, 0.15) is 13.3 Å². The lowest BCUT2D eigenvalue weighted by molar-refractivity contribution is -0.131. The van der Waals surface area contributed by atoms with E-state index in [1.165, 1.54) is 11.8 Å². The highest BCUT2D eigenvalue weighted by atomic mass is 16.6. The summed E-state index contributed by atoms with van der Waals surface area (Å²) in [5, 5.41) is 98.2. The van der Waals surface area contributed by atoms with Crippen molar-refractivity contribution in [1.29, 1.82) is 0 Å². The highest BCUT2D eigenvalue weighted by Crippen LogP contribution is 2.11. The lowest BCUT2D eigenvalue weighted by Crippen LogP contribution is -2.53. The number of hydrogen-bond acceptors (Lipinski definition) is 24. The van der Waals surface area contributed by atoms with Gasteiger partial charge in [0.2, 0.25) is 0 Å². The number of aliphatic hydroxyl groups is 10. The van der Waals surface area contributed by atoms with Gasteiger partial charge in [-0.05, 0) is 6.92 Å². The Kier molecular flexibility index (Phi) is 44.6. The molecule has 0 bridgehead atoms. The minimum absolute atomic E-state index is 0.0282. The molecule has 0 radical (unpaired) electrons. The van der Waals surface area contributed by atoms with Crippen LogP contribution in [-0.4, -0.2) is 302 Å². The number of carbonyl (C=O) groups excluding carboxylic acids is 1. The van der Waals surface area contributed by atoms with E-state index in [9.17, 15) is 45.6 Å². The Labute approximate surface area is 376 Å². The Bertz CT molecular complexity index is 967. The zero-order valence-corrected chi connectivity index (χ0v) is 37.6. The maximum Gasteiger partial charge on any atom is 0.132 e. The highest BCUT2D eigenvalue weighted by Gasteiger charge is 2.34. The summed E-state index contributed by atoms with van der Waals surface area (Å²) in [6.45, 7) is 8.41. The third-order valence-electron chi connectivity index (χ3n) is 8.78. The van der Waals surface area contributed by atoms with Crippen LogP contribution in [0.15, 0.2) is 0 Å². The van der Waals surface area contributed by atoms with Crippen LogP contribution in [0.25, 0.3) is 0 Å². The van der Waals surface area contributed by atoms with Gasteiger partial charge in [-0.3, -0.25) is 9.69 Å².